The largest absolute Gasteiger partial charge is 0.452 e. The smallest absolute Gasteiger partial charge is 0.323 e. The van der Waals surface area contributed by atoms with Crippen LogP contribution in [0.25, 0.3) is 22.3 Å². The highest BCUT2D eigenvalue weighted by atomic mass is 16.5. The number of fused-ring (bicyclic) bond motifs is 1. The van der Waals surface area contributed by atoms with Gasteiger partial charge in [0.25, 0.3) is 0 Å². The molecule has 0 aliphatic carbocycles. The van der Waals surface area contributed by atoms with E-state index in [1.54, 1.807) is 24.3 Å². The first-order chi connectivity index (χ1) is 16.6. The molecule has 0 atom stereocenters. The van der Waals surface area contributed by atoms with E-state index in [0.29, 0.717) is 16.5 Å². The van der Waals surface area contributed by atoms with Gasteiger partial charge in [-0.1, -0.05) is 103 Å². The second kappa shape index (κ2) is 9.20. The van der Waals surface area contributed by atoms with Crippen molar-refractivity contribution in [3.63, 3.8) is 0 Å². The summed E-state index contributed by atoms with van der Waals surface area (Å²) in [5.74, 6) is -1.12. The molecule has 4 heteroatoms. The van der Waals surface area contributed by atoms with Gasteiger partial charge in [0.05, 0.1) is 5.39 Å². The van der Waals surface area contributed by atoms with E-state index in [-0.39, 0.29) is 16.9 Å². The van der Waals surface area contributed by atoms with Crippen LogP contribution in [0, 0.1) is 6.92 Å². The average Bonchev–Trinajstić information content (AvgIpc) is 2.88. The van der Waals surface area contributed by atoms with Crippen LogP contribution in [0.4, 0.5) is 0 Å². The zero-order chi connectivity index (χ0) is 23.5. The van der Waals surface area contributed by atoms with Crippen LogP contribution in [0.15, 0.2) is 118 Å². The molecule has 0 spiro atoms. The number of ether oxygens (including phenoxy) is 1. The van der Waals surface area contributed by atoms with Crippen molar-refractivity contribution in [2.75, 3.05) is 0 Å². The van der Waals surface area contributed by atoms with Gasteiger partial charge in [-0.05, 0) is 30.2 Å². The number of rotatable bonds is 5. The van der Waals surface area contributed by atoms with Crippen molar-refractivity contribution in [3.8, 4) is 17.1 Å². The van der Waals surface area contributed by atoms with Crippen molar-refractivity contribution in [2.24, 2.45) is 0 Å². The predicted molar refractivity (Wildman–Crippen MR) is 133 cm³/mol. The minimum Gasteiger partial charge on any atom is -0.452 e. The molecule has 0 radical (unpaired) electrons. The van der Waals surface area contributed by atoms with Gasteiger partial charge in [-0.3, -0.25) is 9.59 Å². The summed E-state index contributed by atoms with van der Waals surface area (Å²) in [6.07, 6.45) is 0. The fourth-order valence-corrected chi connectivity index (χ4v) is 4.03. The Labute approximate surface area is 197 Å². The normalized spacial score (nSPS) is 11.0. The number of aryl methyl sites for hydroxylation is 1. The molecular weight excluding hydrogens is 424 g/mol. The van der Waals surface area contributed by atoms with Crippen LogP contribution in [0.1, 0.15) is 22.6 Å². The standard InChI is InChI=1S/C30H22O4/c1-20-16-18-23(19-17-20)28-29(27(31)24-14-8-9-15-25(24)33-28)34-30(32)26(21-10-4-2-5-11-21)22-12-6-3-7-13-22/h2-19,26H,1H3. The Morgan fingerprint density at radius 2 is 1.29 bits per heavy atom. The van der Waals surface area contributed by atoms with E-state index in [1.165, 1.54) is 0 Å². The first-order valence-electron chi connectivity index (χ1n) is 11.1. The van der Waals surface area contributed by atoms with E-state index in [2.05, 4.69) is 0 Å². The highest BCUT2D eigenvalue weighted by Crippen LogP contribution is 2.33. The van der Waals surface area contributed by atoms with Crippen molar-refractivity contribution < 1.29 is 13.9 Å². The Balaban J connectivity index is 1.65. The van der Waals surface area contributed by atoms with Crippen LogP contribution in [0.3, 0.4) is 0 Å². The number of para-hydroxylation sites is 1. The van der Waals surface area contributed by atoms with Crippen molar-refractivity contribution >= 4 is 16.9 Å². The SMILES string of the molecule is Cc1ccc(-c2oc3ccccc3c(=O)c2OC(=O)C(c2ccccc2)c2ccccc2)cc1. The van der Waals surface area contributed by atoms with Gasteiger partial charge in [0.1, 0.15) is 11.5 Å². The van der Waals surface area contributed by atoms with Gasteiger partial charge < -0.3 is 9.15 Å². The van der Waals surface area contributed by atoms with Gasteiger partial charge in [-0.15, -0.1) is 0 Å². The molecule has 0 fully saturated rings. The highest BCUT2D eigenvalue weighted by molar-refractivity contribution is 5.88. The van der Waals surface area contributed by atoms with Crippen molar-refractivity contribution in [1.82, 2.24) is 0 Å². The van der Waals surface area contributed by atoms with Gasteiger partial charge in [-0.25, -0.2) is 0 Å². The Morgan fingerprint density at radius 3 is 1.91 bits per heavy atom. The first-order valence-corrected chi connectivity index (χ1v) is 11.1. The van der Waals surface area contributed by atoms with E-state index >= 15 is 0 Å². The molecule has 4 aromatic carbocycles. The van der Waals surface area contributed by atoms with Gasteiger partial charge in [0.15, 0.2) is 5.76 Å². The summed E-state index contributed by atoms with van der Waals surface area (Å²) in [4.78, 5) is 27.1. The predicted octanol–water partition coefficient (Wildman–Crippen LogP) is 6.51. The van der Waals surface area contributed by atoms with Crippen LogP contribution < -0.4 is 10.2 Å². The Bertz CT molecular complexity index is 1460. The number of carbonyl (C=O) groups excluding carboxylic acids is 1. The fraction of sp³-hybridized carbons (Fsp3) is 0.0667. The summed E-state index contributed by atoms with van der Waals surface area (Å²) in [7, 11) is 0. The molecule has 0 amide bonds. The number of esters is 1. The lowest BCUT2D eigenvalue weighted by molar-refractivity contribution is -0.135. The van der Waals surface area contributed by atoms with Crippen LogP contribution >= 0.6 is 0 Å². The first kappa shape index (κ1) is 21.4. The van der Waals surface area contributed by atoms with Crippen molar-refractivity contribution in [1.29, 1.82) is 0 Å². The molecule has 0 saturated heterocycles. The van der Waals surface area contributed by atoms with Gasteiger partial charge in [-0.2, -0.15) is 0 Å². The van der Waals surface area contributed by atoms with Gasteiger partial charge in [0, 0.05) is 5.56 Å². The maximum Gasteiger partial charge on any atom is 0.323 e. The lowest BCUT2D eigenvalue weighted by Gasteiger charge is -2.18. The molecule has 0 saturated carbocycles. The molecule has 4 nitrogen and oxygen atoms in total. The quantitative estimate of drug-likeness (QED) is 0.289. The van der Waals surface area contributed by atoms with E-state index in [4.69, 9.17) is 9.15 Å². The summed E-state index contributed by atoms with van der Waals surface area (Å²) in [6, 6.07) is 33.3. The average molecular weight is 447 g/mol. The summed E-state index contributed by atoms with van der Waals surface area (Å²) in [5.41, 5.74) is 3.34. The highest BCUT2D eigenvalue weighted by Gasteiger charge is 2.28. The van der Waals surface area contributed by atoms with Crippen LogP contribution in [-0.4, -0.2) is 5.97 Å². The Kier molecular flexibility index (Phi) is 5.79. The minimum absolute atomic E-state index is 0.107. The fourth-order valence-electron chi connectivity index (χ4n) is 4.03. The van der Waals surface area contributed by atoms with E-state index in [9.17, 15) is 9.59 Å². The molecule has 0 bridgehead atoms. The van der Waals surface area contributed by atoms with E-state index in [1.807, 2.05) is 91.9 Å². The summed E-state index contributed by atoms with van der Waals surface area (Å²) in [6.45, 7) is 1.98. The maximum absolute atomic E-state index is 13.6. The molecule has 0 aliphatic rings. The third kappa shape index (κ3) is 4.14. The summed E-state index contributed by atoms with van der Waals surface area (Å²) >= 11 is 0. The van der Waals surface area contributed by atoms with Crippen LogP contribution in [0.5, 0.6) is 5.75 Å². The third-order valence-corrected chi connectivity index (χ3v) is 5.77. The van der Waals surface area contributed by atoms with Crippen LogP contribution in [-0.2, 0) is 4.79 Å². The maximum atomic E-state index is 13.6. The molecule has 0 unspecified atom stereocenters. The molecule has 0 aliphatic heterocycles. The molecule has 5 aromatic rings. The molecule has 0 N–H and O–H groups in total. The number of carbonyl (C=O) groups is 1. The van der Waals surface area contributed by atoms with Crippen molar-refractivity contribution in [2.45, 2.75) is 12.8 Å². The molecule has 1 aromatic heterocycles. The van der Waals surface area contributed by atoms with Gasteiger partial charge in [0.2, 0.25) is 11.2 Å². The number of hydrogen-bond donors (Lipinski definition) is 0. The molecule has 1 heterocycles. The second-order valence-electron chi connectivity index (χ2n) is 8.13. The zero-order valence-corrected chi connectivity index (χ0v) is 18.6. The van der Waals surface area contributed by atoms with Gasteiger partial charge >= 0.3 is 5.97 Å². The topological polar surface area (TPSA) is 56.5 Å². The second-order valence-corrected chi connectivity index (χ2v) is 8.13. The molecule has 166 valence electrons. The third-order valence-electron chi connectivity index (χ3n) is 5.77. The summed E-state index contributed by atoms with van der Waals surface area (Å²) in [5, 5.41) is 0.358. The summed E-state index contributed by atoms with van der Waals surface area (Å²) < 4.78 is 12.0. The van der Waals surface area contributed by atoms with Crippen LogP contribution in [0.2, 0.25) is 0 Å². The Hall–Kier alpha value is -4.44. The zero-order valence-electron chi connectivity index (χ0n) is 18.6. The number of benzene rings is 4. The molecule has 34 heavy (non-hydrogen) atoms. The minimum atomic E-state index is -0.695. The lowest BCUT2D eigenvalue weighted by atomic mass is 9.91. The molecular formula is C30H22O4. The van der Waals surface area contributed by atoms with E-state index < -0.39 is 11.9 Å². The van der Waals surface area contributed by atoms with Crippen molar-refractivity contribution in [3.05, 3.63) is 136 Å². The Morgan fingerprint density at radius 1 is 0.735 bits per heavy atom. The number of hydrogen-bond acceptors (Lipinski definition) is 4. The monoisotopic (exact) mass is 446 g/mol. The van der Waals surface area contributed by atoms with E-state index in [0.717, 1.165) is 16.7 Å². The lowest BCUT2D eigenvalue weighted by Crippen LogP contribution is -2.23. The molecule has 5 rings (SSSR count).